The molecule has 1 amide bonds. The number of halogens is 1. The molecule has 36 heavy (non-hydrogen) atoms. The Balaban J connectivity index is 1.50. The first-order valence-electron chi connectivity index (χ1n) is 11.3. The number of carbonyl (C=O) groups is 1. The number of rotatable bonds is 7. The average molecular weight is 503 g/mol. The summed E-state index contributed by atoms with van der Waals surface area (Å²) < 4.78 is 24.6. The number of aromatic nitrogens is 1. The first-order chi connectivity index (χ1) is 17.5. The highest BCUT2D eigenvalue weighted by Crippen LogP contribution is 2.43. The van der Waals surface area contributed by atoms with Crippen molar-refractivity contribution in [3.63, 3.8) is 0 Å². The fourth-order valence-electron chi connectivity index (χ4n) is 4.24. The van der Waals surface area contributed by atoms with Crippen LogP contribution < -0.4 is 15.5 Å². The van der Waals surface area contributed by atoms with Gasteiger partial charge in [0.25, 0.3) is 0 Å². The summed E-state index contributed by atoms with van der Waals surface area (Å²) in [6.45, 7) is -0.0232. The Labute approximate surface area is 212 Å². The number of hydrogen-bond acceptors (Lipinski definition) is 5. The Morgan fingerprint density at radius 3 is 2.58 bits per heavy atom. The molecule has 9 heteroatoms. The Morgan fingerprint density at radius 2 is 1.89 bits per heavy atom. The lowest BCUT2D eigenvalue weighted by Crippen LogP contribution is -2.29. The molecule has 1 fully saturated rings. The Kier molecular flexibility index (Phi) is 6.75. The fourth-order valence-corrected chi connectivity index (χ4v) is 4.58. The van der Waals surface area contributed by atoms with Gasteiger partial charge in [0, 0.05) is 30.2 Å². The summed E-state index contributed by atoms with van der Waals surface area (Å²) in [6, 6.07) is 22.4. The molecule has 0 bridgehead atoms. The number of amides is 1. The van der Waals surface area contributed by atoms with Crippen molar-refractivity contribution >= 4 is 34.6 Å². The van der Waals surface area contributed by atoms with Crippen molar-refractivity contribution in [3.8, 4) is 11.3 Å². The van der Waals surface area contributed by atoms with E-state index in [1.165, 1.54) is 19.2 Å². The van der Waals surface area contributed by atoms with E-state index >= 15 is 0 Å². The van der Waals surface area contributed by atoms with Crippen LogP contribution in [0.25, 0.3) is 11.3 Å². The number of furan rings is 1. The van der Waals surface area contributed by atoms with Crippen LogP contribution in [0.5, 0.6) is 0 Å². The van der Waals surface area contributed by atoms with Gasteiger partial charge >= 0.3 is 0 Å². The Morgan fingerprint density at radius 1 is 1.11 bits per heavy atom. The van der Waals surface area contributed by atoms with Gasteiger partial charge in [0.1, 0.15) is 30.0 Å². The zero-order chi connectivity index (χ0) is 25.1. The number of pyridine rings is 1. The van der Waals surface area contributed by atoms with Crippen molar-refractivity contribution in [2.45, 2.75) is 12.1 Å². The van der Waals surface area contributed by atoms with E-state index in [9.17, 15) is 9.18 Å². The molecule has 0 unspecified atom stereocenters. The Hall–Kier alpha value is -4.08. The molecule has 4 aromatic rings. The van der Waals surface area contributed by atoms with Crippen LogP contribution in [-0.2, 0) is 9.53 Å². The highest BCUT2D eigenvalue weighted by molar-refractivity contribution is 7.80. The van der Waals surface area contributed by atoms with Gasteiger partial charge in [0.05, 0.1) is 11.7 Å². The number of benzene rings is 2. The largest absolute Gasteiger partial charge is 0.459 e. The van der Waals surface area contributed by atoms with E-state index < -0.39 is 0 Å². The van der Waals surface area contributed by atoms with Crippen LogP contribution in [0, 0.1) is 5.82 Å². The van der Waals surface area contributed by atoms with Crippen LogP contribution in [0.15, 0.2) is 89.5 Å². The first-order valence-corrected chi connectivity index (χ1v) is 11.7. The number of methoxy groups -OCH3 is 1. The Bertz CT molecular complexity index is 1360. The van der Waals surface area contributed by atoms with E-state index in [1.54, 1.807) is 18.3 Å². The monoisotopic (exact) mass is 502 g/mol. The van der Waals surface area contributed by atoms with Gasteiger partial charge in [-0.2, -0.15) is 0 Å². The standard InChI is InChI=1S/C27H23FN4O3S/c1-34-16-24(33)30-19-9-11-20(12-10-19)32-26(25(31-27(32)36)21-4-2-3-15-29-21)23-14-13-22(35-23)17-5-7-18(28)8-6-17/h2-15,25-26H,16H2,1H3,(H,30,33)(H,31,36)/t25-,26+/m1/s1. The summed E-state index contributed by atoms with van der Waals surface area (Å²) in [5.74, 6) is 0.758. The lowest BCUT2D eigenvalue weighted by Gasteiger charge is -2.26. The minimum atomic E-state index is -0.337. The molecule has 2 aromatic carbocycles. The molecule has 182 valence electrons. The van der Waals surface area contributed by atoms with E-state index in [4.69, 9.17) is 21.4 Å². The van der Waals surface area contributed by atoms with Crippen molar-refractivity contribution in [1.82, 2.24) is 10.3 Å². The number of ether oxygens (including phenoxy) is 1. The van der Waals surface area contributed by atoms with Gasteiger partial charge in [-0.1, -0.05) is 6.07 Å². The van der Waals surface area contributed by atoms with Gasteiger partial charge in [-0.25, -0.2) is 4.39 Å². The van der Waals surface area contributed by atoms with Crippen LogP contribution in [0.2, 0.25) is 0 Å². The van der Waals surface area contributed by atoms with Crippen molar-refractivity contribution in [1.29, 1.82) is 0 Å². The zero-order valence-corrected chi connectivity index (χ0v) is 20.2. The predicted octanol–water partition coefficient (Wildman–Crippen LogP) is 5.24. The van der Waals surface area contributed by atoms with Gasteiger partial charge in [0.2, 0.25) is 5.91 Å². The van der Waals surface area contributed by atoms with E-state index in [0.717, 1.165) is 16.9 Å². The maximum absolute atomic E-state index is 13.4. The second kappa shape index (κ2) is 10.3. The smallest absolute Gasteiger partial charge is 0.250 e. The maximum atomic E-state index is 13.4. The molecule has 5 rings (SSSR count). The number of nitrogens with one attached hydrogen (secondary N) is 2. The normalized spacial score (nSPS) is 17.2. The van der Waals surface area contributed by atoms with Crippen molar-refractivity contribution in [3.05, 3.63) is 102 Å². The number of hydrogen-bond donors (Lipinski definition) is 2. The van der Waals surface area contributed by atoms with Gasteiger partial charge in [-0.3, -0.25) is 9.78 Å². The van der Waals surface area contributed by atoms with Crippen molar-refractivity contribution in [2.75, 3.05) is 23.9 Å². The summed E-state index contributed by atoms with van der Waals surface area (Å²) >= 11 is 5.75. The predicted molar refractivity (Wildman–Crippen MR) is 139 cm³/mol. The van der Waals surface area contributed by atoms with Gasteiger partial charge in [-0.15, -0.1) is 0 Å². The summed E-state index contributed by atoms with van der Waals surface area (Å²) in [5, 5.41) is 6.70. The zero-order valence-electron chi connectivity index (χ0n) is 19.4. The minimum absolute atomic E-state index is 0.0232. The maximum Gasteiger partial charge on any atom is 0.250 e. The molecule has 2 aromatic heterocycles. The molecular formula is C27H23FN4O3S. The quantitative estimate of drug-likeness (QED) is 0.335. The van der Waals surface area contributed by atoms with Crippen LogP contribution in [0.1, 0.15) is 23.5 Å². The molecule has 0 spiro atoms. The average Bonchev–Trinajstić information content (AvgIpc) is 3.50. The number of carbonyl (C=O) groups excluding carboxylic acids is 1. The van der Waals surface area contributed by atoms with E-state index in [-0.39, 0.29) is 30.4 Å². The van der Waals surface area contributed by atoms with E-state index in [0.29, 0.717) is 22.3 Å². The summed E-state index contributed by atoms with van der Waals surface area (Å²) in [5.41, 5.74) is 3.05. The molecule has 7 nitrogen and oxygen atoms in total. The summed E-state index contributed by atoms with van der Waals surface area (Å²) in [7, 11) is 1.47. The summed E-state index contributed by atoms with van der Waals surface area (Å²) in [4.78, 5) is 18.4. The summed E-state index contributed by atoms with van der Waals surface area (Å²) in [6.07, 6.45) is 1.74. The number of nitrogens with zero attached hydrogens (tertiary/aromatic N) is 2. The van der Waals surface area contributed by atoms with Crippen LogP contribution >= 0.6 is 12.2 Å². The highest BCUT2D eigenvalue weighted by Gasteiger charge is 2.42. The molecule has 1 aliphatic rings. The molecular weight excluding hydrogens is 479 g/mol. The lowest BCUT2D eigenvalue weighted by molar-refractivity contribution is -0.119. The van der Waals surface area contributed by atoms with Gasteiger partial charge < -0.3 is 24.7 Å². The molecule has 1 saturated heterocycles. The second-order valence-electron chi connectivity index (χ2n) is 8.23. The van der Waals surface area contributed by atoms with Gasteiger partial charge in [0.15, 0.2) is 5.11 Å². The van der Waals surface area contributed by atoms with Crippen LogP contribution in [-0.4, -0.2) is 29.7 Å². The molecule has 0 aliphatic carbocycles. The third kappa shape index (κ3) is 4.84. The van der Waals surface area contributed by atoms with Crippen LogP contribution in [0.4, 0.5) is 15.8 Å². The van der Waals surface area contributed by atoms with Crippen molar-refractivity contribution in [2.24, 2.45) is 0 Å². The number of anilines is 2. The van der Waals surface area contributed by atoms with E-state index in [2.05, 4.69) is 15.6 Å². The van der Waals surface area contributed by atoms with Crippen molar-refractivity contribution < 1.29 is 18.3 Å². The second-order valence-corrected chi connectivity index (χ2v) is 8.62. The van der Waals surface area contributed by atoms with E-state index in [1.807, 2.05) is 59.5 Å². The molecule has 2 N–H and O–H groups in total. The molecule has 0 radical (unpaired) electrons. The third-order valence-corrected chi connectivity index (χ3v) is 6.16. The topological polar surface area (TPSA) is 79.6 Å². The highest BCUT2D eigenvalue weighted by atomic mass is 32.1. The molecule has 3 heterocycles. The third-order valence-electron chi connectivity index (χ3n) is 5.85. The first kappa shape index (κ1) is 23.7. The molecule has 0 saturated carbocycles. The fraction of sp³-hybridized carbons (Fsp3) is 0.148. The minimum Gasteiger partial charge on any atom is -0.459 e. The lowest BCUT2D eigenvalue weighted by atomic mass is 10.0. The van der Waals surface area contributed by atoms with Gasteiger partial charge in [-0.05, 0) is 85.0 Å². The van der Waals surface area contributed by atoms with Crippen LogP contribution in [0.3, 0.4) is 0 Å². The molecule has 2 atom stereocenters. The molecule has 1 aliphatic heterocycles. The number of thiocarbonyl (C=S) groups is 1. The SMILES string of the molecule is COCC(=O)Nc1ccc(N2C(=S)N[C@H](c3ccccn3)[C@@H]2c2ccc(-c3ccc(F)cc3)o2)cc1.